The molecule has 0 aliphatic rings. The van der Waals surface area contributed by atoms with Gasteiger partial charge in [-0.2, -0.15) is 0 Å². The van der Waals surface area contributed by atoms with Gasteiger partial charge in [0, 0.05) is 19.4 Å². The third-order valence-electron chi connectivity index (χ3n) is 2.98. The topological polar surface area (TPSA) is 55.1 Å². The number of carboxylic acid groups (broad SMARTS) is 1. The van der Waals surface area contributed by atoms with E-state index in [0.717, 1.165) is 36.2 Å². The SMILES string of the molecule is CCCc1nc2ccccc2n1CCCC(=O)O. The minimum atomic E-state index is -0.739. The van der Waals surface area contributed by atoms with Crippen molar-refractivity contribution in [3.63, 3.8) is 0 Å². The molecule has 4 heteroatoms. The smallest absolute Gasteiger partial charge is 0.303 e. The number of aliphatic carboxylic acids is 1. The minimum Gasteiger partial charge on any atom is -0.481 e. The Hall–Kier alpha value is -1.84. The number of aryl methyl sites for hydroxylation is 2. The highest BCUT2D eigenvalue weighted by Gasteiger charge is 2.09. The van der Waals surface area contributed by atoms with Crippen LogP contribution >= 0.6 is 0 Å². The van der Waals surface area contributed by atoms with Crippen LogP contribution < -0.4 is 0 Å². The molecule has 0 unspecified atom stereocenters. The second kappa shape index (κ2) is 5.67. The molecule has 4 nitrogen and oxygen atoms in total. The van der Waals surface area contributed by atoms with Crippen molar-refractivity contribution in [1.29, 1.82) is 0 Å². The zero-order valence-electron chi connectivity index (χ0n) is 10.6. The van der Waals surface area contributed by atoms with Gasteiger partial charge in [0.1, 0.15) is 5.82 Å². The Morgan fingerprint density at radius 2 is 2.17 bits per heavy atom. The molecule has 0 fully saturated rings. The van der Waals surface area contributed by atoms with E-state index in [1.165, 1.54) is 0 Å². The Bertz CT molecular complexity index is 546. The maximum atomic E-state index is 10.6. The molecule has 2 rings (SSSR count). The summed E-state index contributed by atoms with van der Waals surface area (Å²) in [6.45, 7) is 2.85. The fourth-order valence-electron chi connectivity index (χ4n) is 2.18. The Balaban J connectivity index is 2.26. The maximum Gasteiger partial charge on any atom is 0.303 e. The first-order valence-electron chi connectivity index (χ1n) is 6.38. The summed E-state index contributed by atoms with van der Waals surface area (Å²) in [5.74, 6) is 0.320. The summed E-state index contributed by atoms with van der Waals surface area (Å²) < 4.78 is 2.15. The van der Waals surface area contributed by atoms with Crippen LogP contribution in [0.2, 0.25) is 0 Å². The number of fused-ring (bicyclic) bond motifs is 1. The van der Waals surface area contributed by atoms with Crippen LogP contribution in [0.25, 0.3) is 11.0 Å². The van der Waals surface area contributed by atoms with Crippen molar-refractivity contribution in [3.05, 3.63) is 30.1 Å². The van der Waals surface area contributed by atoms with Crippen LogP contribution in [-0.4, -0.2) is 20.6 Å². The molecule has 0 saturated heterocycles. The van der Waals surface area contributed by atoms with Crippen molar-refractivity contribution >= 4 is 17.0 Å². The van der Waals surface area contributed by atoms with E-state index >= 15 is 0 Å². The van der Waals surface area contributed by atoms with E-state index in [1.807, 2.05) is 24.3 Å². The van der Waals surface area contributed by atoms with Crippen LogP contribution in [0.1, 0.15) is 32.0 Å². The first kappa shape index (κ1) is 12.6. The van der Waals surface area contributed by atoms with E-state index in [1.54, 1.807) is 0 Å². The van der Waals surface area contributed by atoms with E-state index < -0.39 is 5.97 Å². The van der Waals surface area contributed by atoms with Gasteiger partial charge in [-0.1, -0.05) is 19.1 Å². The van der Waals surface area contributed by atoms with Crippen molar-refractivity contribution in [2.45, 2.75) is 39.2 Å². The van der Waals surface area contributed by atoms with Crippen LogP contribution in [0.4, 0.5) is 0 Å². The third-order valence-corrected chi connectivity index (χ3v) is 2.98. The highest BCUT2D eigenvalue weighted by molar-refractivity contribution is 5.76. The summed E-state index contributed by atoms with van der Waals surface area (Å²) in [6.07, 6.45) is 2.83. The van der Waals surface area contributed by atoms with E-state index in [0.29, 0.717) is 6.42 Å². The number of nitrogens with zero attached hydrogens (tertiary/aromatic N) is 2. The zero-order valence-corrected chi connectivity index (χ0v) is 10.6. The Labute approximate surface area is 106 Å². The summed E-state index contributed by atoms with van der Waals surface area (Å²) >= 11 is 0. The quantitative estimate of drug-likeness (QED) is 0.852. The van der Waals surface area contributed by atoms with Crippen LogP contribution in [0.15, 0.2) is 24.3 Å². The number of carboxylic acids is 1. The molecule has 0 atom stereocenters. The second-order valence-corrected chi connectivity index (χ2v) is 4.42. The first-order valence-corrected chi connectivity index (χ1v) is 6.38. The first-order chi connectivity index (χ1) is 8.72. The molecule has 1 heterocycles. The lowest BCUT2D eigenvalue weighted by molar-refractivity contribution is -0.137. The van der Waals surface area contributed by atoms with Gasteiger partial charge in [-0.25, -0.2) is 4.98 Å². The summed E-state index contributed by atoms with van der Waals surface area (Å²) in [5, 5.41) is 8.70. The number of para-hydroxylation sites is 2. The number of hydrogen-bond acceptors (Lipinski definition) is 2. The predicted octanol–water partition coefficient (Wildman–Crippen LogP) is 2.85. The molecule has 0 radical (unpaired) electrons. The van der Waals surface area contributed by atoms with E-state index in [4.69, 9.17) is 5.11 Å². The fraction of sp³-hybridized carbons (Fsp3) is 0.429. The molecule has 0 aliphatic heterocycles. The van der Waals surface area contributed by atoms with Crippen molar-refractivity contribution in [2.24, 2.45) is 0 Å². The summed E-state index contributed by atoms with van der Waals surface area (Å²) in [7, 11) is 0. The molecule has 1 N–H and O–H groups in total. The largest absolute Gasteiger partial charge is 0.481 e. The van der Waals surface area contributed by atoms with Gasteiger partial charge < -0.3 is 9.67 Å². The lowest BCUT2D eigenvalue weighted by atomic mass is 10.2. The molecular formula is C14H18N2O2. The van der Waals surface area contributed by atoms with E-state index in [9.17, 15) is 4.79 Å². The maximum absolute atomic E-state index is 10.6. The van der Waals surface area contributed by atoms with Gasteiger partial charge in [0.25, 0.3) is 0 Å². The summed E-state index contributed by atoms with van der Waals surface area (Å²) in [5.41, 5.74) is 2.10. The van der Waals surface area contributed by atoms with Gasteiger partial charge >= 0.3 is 5.97 Å². The Morgan fingerprint density at radius 3 is 2.89 bits per heavy atom. The molecule has 96 valence electrons. The van der Waals surface area contributed by atoms with Crippen LogP contribution in [0.3, 0.4) is 0 Å². The predicted molar refractivity (Wildman–Crippen MR) is 70.6 cm³/mol. The average molecular weight is 246 g/mol. The van der Waals surface area contributed by atoms with E-state index in [-0.39, 0.29) is 6.42 Å². The number of carbonyl (C=O) groups is 1. The van der Waals surface area contributed by atoms with Crippen LogP contribution in [0, 0.1) is 0 Å². The Kier molecular flexibility index (Phi) is 3.97. The highest BCUT2D eigenvalue weighted by Crippen LogP contribution is 2.17. The number of hydrogen-bond donors (Lipinski definition) is 1. The Morgan fingerprint density at radius 1 is 1.39 bits per heavy atom. The third kappa shape index (κ3) is 2.70. The fourth-order valence-corrected chi connectivity index (χ4v) is 2.18. The number of benzene rings is 1. The lowest BCUT2D eigenvalue weighted by Crippen LogP contribution is -2.06. The monoisotopic (exact) mass is 246 g/mol. The van der Waals surface area contributed by atoms with Gasteiger partial charge in [-0.3, -0.25) is 4.79 Å². The molecule has 0 aliphatic carbocycles. The van der Waals surface area contributed by atoms with Crippen molar-refractivity contribution in [1.82, 2.24) is 9.55 Å². The van der Waals surface area contributed by atoms with E-state index in [2.05, 4.69) is 16.5 Å². The second-order valence-electron chi connectivity index (χ2n) is 4.42. The number of aromatic nitrogens is 2. The van der Waals surface area contributed by atoms with Crippen molar-refractivity contribution in [3.8, 4) is 0 Å². The molecule has 1 aromatic heterocycles. The van der Waals surface area contributed by atoms with Gasteiger partial charge in [0.05, 0.1) is 11.0 Å². The number of rotatable bonds is 6. The molecule has 18 heavy (non-hydrogen) atoms. The van der Waals surface area contributed by atoms with Gasteiger partial charge in [0.15, 0.2) is 0 Å². The van der Waals surface area contributed by atoms with Crippen molar-refractivity contribution in [2.75, 3.05) is 0 Å². The van der Waals surface area contributed by atoms with Gasteiger partial charge in [0.2, 0.25) is 0 Å². The molecule has 0 spiro atoms. The van der Waals surface area contributed by atoms with Crippen LogP contribution in [0.5, 0.6) is 0 Å². The molecule has 1 aromatic carbocycles. The van der Waals surface area contributed by atoms with Gasteiger partial charge in [-0.15, -0.1) is 0 Å². The van der Waals surface area contributed by atoms with Crippen molar-refractivity contribution < 1.29 is 9.90 Å². The highest BCUT2D eigenvalue weighted by atomic mass is 16.4. The summed E-state index contributed by atoms with van der Waals surface area (Å²) in [4.78, 5) is 15.2. The average Bonchev–Trinajstić information content (AvgIpc) is 2.68. The molecule has 2 aromatic rings. The van der Waals surface area contributed by atoms with Gasteiger partial charge in [-0.05, 0) is 25.0 Å². The zero-order chi connectivity index (χ0) is 13.0. The normalized spacial score (nSPS) is 10.9. The number of imidazole rings is 1. The lowest BCUT2D eigenvalue weighted by Gasteiger charge is -2.07. The minimum absolute atomic E-state index is 0.206. The molecule has 0 saturated carbocycles. The standard InChI is InChI=1S/C14H18N2O2/c1-2-6-13-15-11-7-3-4-8-12(11)16(13)10-5-9-14(17)18/h3-4,7-8H,2,5-6,9-10H2,1H3,(H,17,18). The molecule has 0 bridgehead atoms. The van der Waals surface area contributed by atoms with Crippen LogP contribution in [-0.2, 0) is 17.8 Å². The molecular weight excluding hydrogens is 228 g/mol. The summed E-state index contributed by atoms with van der Waals surface area (Å²) in [6, 6.07) is 8.02. The molecule has 0 amide bonds.